The van der Waals surface area contributed by atoms with Gasteiger partial charge >= 0.3 is 0 Å². The van der Waals surface area contributed by atoms with Gasteiger partial charge in [-0.3, -0.25) is 4.98 Å². The van der Waals surface area contributed by atoms with Crippen molar-refractivity contribution >= 4 is 0 Å². The molecule has 0 aromatic carbocycles. The second kappa shape index (κ2) is 5.73. The average molecular weight is 246 g/mol. The summed E-state index contributed by atoms with van der Waals surface area (Å²) in [6, 6.07) is 3.63. The molecular weight excluding hydrogens is 228 g/mol. The summed E-state index contributed by atoms with van der Waals surface area (Å²) in [7, 11) is 0. The summed E-state index contributed by atoms with van der Waals surface area (Å²) in [5.74, 6) is 1.32. The van der Waals surface area contributed by atoms with Crippen molar-refractivity contribution in [1.82, 2.24) is 19.7 Å². The molecule has 0 radical (unpaired) electrons. The van der Waals surface area contributed by atoms with E-state index in [0.717, 1.165) is 17.9 Å². The van der Waals surface area contributed by atoms with E-state index >= 15 is 0 Å². The van der Waals surface area contributed by atoms with E-state index < -0.39 is 6.10 Å². The molecule has 1 unspecified atom stereocenters. The fourth-order valence-corrected chi connectivity index (χ4v) is 1.82. The lowest BCUT2D eigenvalue weighted by Gasteiger charge is -2.12. The number of aromatic nitrogens is 4. The number of rotatable bonds is 5. The second-order valence-corrected chi connectivity index (χ2v) is 4.75. The van der Waals surface area contributed by atoms with Gasteiger partial charge in [-0.05, 0) is 23.6 Å². The maximum Gasteiger partial charge on any atom is 0.138 e. The number of nitrogens with zero attached hydrogens (tertiary/aromatic N) is 4. The highest BCUT2D eigenvalue weighted by molar-refractivity contribution is 5.14. The van der Waals surface area contributed by atoms with Crippen LogP contribution in [0.1, 0.15) is 31.3 Å². The van der Waals surface area contributed by atoms with Crippen LogP contribution in [0, 0.1) is 5.92 Å². The van der Waals surface area contributed by atoms with Gasteiger partial charge in [0.25, 0.3) is 0 Å². The van der Waals surface area contributed by atoms with Crippen molar-refractivity contribution in [3.8, 4) is 0 Å². The fourth-order valence-electron chi connectivity index (χ4n) is 1.82. The Morgan fingerprint density at radius 1 is 1.28 bits per heavy atom. The van der Waals surface area contributed by atoms with Gasteiger partial charge in [-0.2, -0.15) is 5.10 Å². The predicted molar refractivity (Wildman–Crippen MR) is 67.8 cm³/mol. The smallest absolute Gasteiger partial charge is 0.138 e. The van der Waals surface area contributed by atoms with Crippen molar-refractivity contribution in [3.05, 3.63) is 42.2 Å². The van der Waals surface area contributed by atoms with Crippen LogP contribution in [0.15, 0.2) is 30.9 Å². The Hall–Kier alpha value is -1.75. The molecule has 0 aliphatic heterocycles. The lowest BCUT2D eigenvalue weighted by molar-refractivity contribution is 0.173. The van der Waals surface area contributed by atoms with Gasteiger partial charge in [0.2, 0.25) is 0 Å². The van der Waals surface area contributed by atoms with E-state index in [1.807, 2.05) is 16.8 Å². The van der Waals surface area contributed by atoms with E-state index in [4.69, 9.17) is 0 Å². The number of aliphatic hydroxyl groups excluding tert-OH is 1. The summed E-state index contributed by atoms with van der Waals surface area (Å²) in [6.45, 7) is 5.08. The molecular formula is C13H18N4O. The molecule has 0 fully saturated rings. The molecule has 2 aromatic rings. The highest BCUT2D eigenvalue weighted by atomic mass is 16.3. The predicted octanol–water partition coefficient (Wildman–Crippen LogP) is 1.61. The first kappa shape index (κ1) is 12.7. The zero-order valence-corrected chi connectivity index (χ0v) is 10.7. The van der Waals surface area contributed by atoms with Crippen molar-refractivity contribution < 1.29 is 5.11 Å². The number of pyridine rings is 1. The minimum absolute atomic E-state index is 0.469. The molecule has 1 atom stereocenters. The topological polar surface area (TPSA) is 63.8 Å². The van der Waals surface area contributed by atoms with E-state index in [2.05, 4.69) is 28.9 Å². The Kier molecular flexibility index (Phi) is 4.04. The maximum absolute atomic E-state index is 10.1. The molecule has 0 bridgehead atoms. The van der Waals surface area contributed by atoms with Crippen LogP contribution in [0.25, 0.3) is 0 Å². The molecule has 5 heteroatoms. The van der Waals surface area contributed by atoms with Gasteiger partial charge in [-0.25, -0.2) is 9.67 Å². The highest BCUT2D eigenvalue weighted by Gasteiger charge is 2.13. The highest BCUT2D eigenvalue weighted by Crippen LogP contribution is 2.16. The molecule has 0 aliphatic carbocycles. The summed E-state index contributed by atoms with van der Waals surface area (Å²) in [4.78, 5) is 8.15. The minimum Gasteiger partial charge on any atom is -0.388 e. The number of hydrogen-bond donors (Lipinski definition) is 1. The zero-order valence-electron chi connectivity index (χ0n) is 10.7. The first-order valence-corrected chi connectivity index (χ1v) is 6.11. The van der Waals surface area contributed by atoms with Crippen molar-refractivity contribution in [2.24, 2.45) is 5.92 Å². The Labute approximate surface area is 107 Å². The molecule has 2 heterocycles. The van der Waals surface area contributed by atoms with Crippen LogP contribution in [0.5, 0.6) is 0 Å². The standard InChI is InChI=1S/C13H18N4O/c1-10(2)8-17-13(15-9-16-17)7-12(18)11-3-5-14-6-4-11/h3-6,9-10,12,18H,7-8H2,1-2H3. The Morgan fingerprint density at radius 2 is 2.00 bits per heavy atom. The van der Waals surface area contributed by atoms with Crippen LogP contribution in [0.2, 0.25) is 0 Å². The Morgan fingerprint density at radius 3 is 2.67 bits per heavy atom. The lowest BCUT2D eigenvalue weighted by atomic mass is 10.1. The van der Waals surface area contributed by atoms with E-state index in [-0.39, 0.29) is 0 Å². The van der Waals surface area contributed by atoms with E-state index in [1.54, 1.807) is 12.4 Å². The van der Waals surface area contributed by atoms with Crippen molar-refractivity contribution in [1.29, 1.82) is 0 Å². The number of aliphatic hydroxyl groups is 1. The first-order chi connectivity index (χ1) is 8.66. The van der Waals surface area contributed by atoms with E-state index in [1.165, 1.54) is 6.33 Å². The molecule has 0 amide bonds. The van der Waals surface area contributed by atoms with Gasteiger partial charge in [-0.1, -0.05) is 13.8 Å². The molecule has 2 rings (SSSR count). The van der Waals surface area contributed by atoms with Crippen molar-refractivity contribution in [2.75, 3.05) is 0 Å². The maximum atomic E-state index is 10.1. The van der Waals surface area contributed by atoms with E-state index in [9.17, 15) is 5.11 Å². The average Bonchev–Trinajstić information content (AvgIpc) is 2.77. The quantitative estimate of drug-likeness (QED) is 0.870. The van der Waals surface area contributed by atoms with Crippen LogP contribution >= 0.6 is 0 Å². The molecule has 18 heavy (non-hydrogen) atoms. The molecule has 0 saturated carbocycles. The molecule has 0 saturated heterocycles. The Bertz CT molecular complexity index is 481. The summed E-state index contributed by atoms with van der Waals surface area (Å²) in [6.07, 6.45) is 4.80. The fraction of sp³-hybridized carbons (Fsp3) is 0.462. The molecule has 0 spiro atoms. The van der Waals surface area contributed by atoms with Crippen molar-refractivity contribution in [3.63, 3.8) is 0 Å². The first-order valence-electron chi connectivity index (χ1n) is 6.11. The molecule has 2 aromatic heterocycles. The second-order valence-electron chi connectivity index (χ2n) is 4.75. The monoisotopic (exact) mass is 246 g/mol. The third-order valence-corrected chi connectivity index (χ3v) is 2.70. The third-order valence-electron chi connectivity index (χ3n) is 2.70. The minimum atomic E-state index is -0.567. The van der Waals surface area contributed by atoms with Crippen LogP contribution < -0.4 is 0 Å². The third kappa shape index (κ3) is 3.13. The normalized spacial score (nSPS) is 12.9. The summed E-state index contributed by atoms with van der Waals surface area (Å²) in [5, 5.41) is 14.3. The summed E-state index contributed by atoms with van der Waals surface area (Å²) < 4.78 is 1.86. The van der Waals surface area contributed by atoms with Gasteiger partial charge in [0.15, 0.2) is 0 Å². The van der Waals surface area contributed by atoms with Gasteiger partial charge in [0.1, 0.15) is 12.2 Å². The van der Waals surface area contributed by atoms with Crippen LogP contribution in [0.4, 0.5) is 0 Å². The van der Waals surface area contributed by atoms with Crippen LogP contribution in [0.3, 0.4) is 0 Å². The summed E-state index contributed by atoms with van der Waals surface area (Å²) in [5.41, 5.74) is 0.851. The van der Waals surface area contributed by atoms with Crippen LogP contribution in [-0.2, 0) is 13.0 Å². The van der Waals surface area contributed by atoms with Crippen LogP contribution in [-0.4, -0.2) is 24.9 Å². The van der Waals surface area contributed by atoms with Gasteiger partial charge in [0.05, 0.1) is 6.10 Å². The molecule has 5 nitrogen and oxygen atoms in total. The molecule has 1 N–H and O–H groups in total. The zero-order chi connectivity index (χ0) is 13.0. The lowest BCUT2D eigenvalue weighted by Crippen LogP contribution is -2.13. The van der Waals surface area contributed by atoms with Gasteiger partial charge in [-0.15, -0.1) is 0 Å². The number of hydrogen-bond acceptors (Lipinski definition) is 4. The van der Waals surface area contributed by atoms with Crippen molar-refractivity contribution in [2.45, 2.75) is 32.9 Å². The Balaban J connectivity index is 2.08. The summed E-state index contributed by atoms with van der Waals surface area (Å²) >= 11 is 0. The SMILES string of the molecule is CC(C)Cn1ncnc1CC(O)c1ccncc1. The largest absolute Gasteiger partial charge is 0.388 e. The molecule has 96 valence electrons. The van der Waals surface area contributed by atoms with Gasteiger partial charge < -0.3 is 5.11 Å². The molecule has 0 aliphatic rings. The van der Waals surface area contributed by atoms with E-state index in [0.29, 0.717) is 12.3 Å². The van der Waals surface area contributed by atoms with Gasteiger partial charge in [0, 0.05) is 25.4 Å².